The zero-order valence-corrected chi connectivity index (χ0v) is 16.0. The number of likely N-dealkylation sites (tertiary alicyclic amines) is 1. The largest absolute Gasteiger partial charge is 0.496 e. The lowest BCUT2D eigenvalue weighted by Gasteiger charge is -2.27. The molecule has 0 amide bonds. The minimum absolute atomic E-state index is 0.250. The first-order valence-corrected chi connectivity index (χ1v) is 9.36. The fourth-order valence-corrected chi connectivity index (χ4v) is 3.49. The zero-order valence-electron chi connectivity index (χ0n) is 15.2. The molecule has 0 spiro atoms. The maximum atomic E-state index is 8.36. The zero-order chi connectivity index (χ0) is 18.8. The predicted molar refractivity (Wildman–Crippen MR) is 99.8 cm³/mol. The van der Waals surface area contributed by atoms with E-state index in [4.69, 9.17) is 19.4 Å². The van der Waals surface area contributed by atoms with E-state index in [9.17, 15) is 0 Å². The molecule has 3 rings (SSSR count). The normalized spacial score (nSPS) is 14.2. The number of aromatic nitrogens is 2. The molecule has 0 atom stereocenters. The van der Waals surface area contributed by atoms with E-state index in [1.807, 2.05) is 19.1 Å². The van der Waals surface area contributed by atoms with E-state index in [-0.39, 0.29) is 6.47 Å². The number of methoxy groups -OCH3 is 1. The Bertz CT molecular complexity index is 687. The van der Waals surface area contributed by atoms with Gasteiger partial charge in [0.2, 0.25) is 0 Å². The minimum Gasteiger partial charge on any atom is -0.496 e. The van der Waals surface area contributed by atoms with Gasteiger partial charge in [-0.3, -0.25) is 9.69 Å². The molecule has 1 aromatic carbocycles. The van der Waals surface area contributed by atoms with Crippen molar-refractivity contribution in [3.05, 3.63) is 33.8 Å². The molecule has 0 unspecified atom stereocenters. The van der Waals surface area contributed by atoms with E-state index in [0.29, 0.717) is 6.61 Å². The number of aryl methyl sites for hydroxylation is 1. The fourth-order valence-electron chi connectivity index (χ4n) is 2.87. The predicted octanol–water partition coefficient (Wildman–Crippen LogP) is 3.12. The van der Waals surface area contributed by atoms with Gasteiger partial charge in [0.25, 0.3) is 6.47 Å². The van der Waals surface area contributed by atoms with E-state index >= 15 is 0 Å². The van der Waals surface area contributed by atoms with Crippen LogP contribution in [0.1, 0.15) is 34.8 Å². The van der Waals surface area contributed by atoms with Crippen LogP contribution in [0.25, 0.3) is 0 Å². The van der Waals surface area contributed by atoms with Crippen LogP contribution in [-0.4, -0.2) is 46.9 Å². The molecule has 142 valence electrons. The van der Waals surface area contributed by atoms with Gasteiger partial charge in [0.05, 0.1) is 7.11 Å². The third-order valence-corrected chi connectivity index (χ3v) is 4.84. The van der Waals surface area contributed by atoms with Crippen molar-refractivity contribution in [3.63, 3.8) is 0 Å². The van der Waals surface area contributed by atoms with Gasteiger partial charge in [-0.15, -0.1) is 10.2 Å². The number of hydrogen-bond donors (Lipinski definition) is 1. The molecule has 1 N–H and O–H groups in total. The summed E-state index contributed by atoms with van der Waals surface area (Å²) in [5, 5.41) is 16.9. The second-order valence-electron chi connectivity index (χ2n) is 5.92. The summed E-state index contributed by atoms with van der Waals surface area (Å²) in [5.41, 5.74) is 1.18. The van der Waals surface area contributed by atoms with Crippen molar-refractivity contribution in [3.8, 4) is 11.5 Å². The highest BCUT2D eigenvalue weighted by Crippen LogP contribution is 2.27. The molecule has 2 heterocycles. The average molecular weight is 379 g/mol. The van der Waals surface area contributed by atoms with Gasteiger partial charge < -0.3 is 14.6 Å². The highest BCUT2D eigenvalue weighted by molar-refractivity contribution is 7.11. The molecular formula is C18H25N3O4S. The Hall–Kier alpha value is -2.19. The summed E-state index contributed by atoms with van der Waals surface area (Å²) in [6.07, 6.45) is 3.92. The van der Waals surface area contributed by atoms with Crippen LogP contribution in [0.5, 0.6) is 11.5 Å². The highest BCUT2D eigenvalue weighted by Gasteiger charge is 2.14. The Morgan fingerprint density at radius 3 is 2.62 bits per heavy atom. The molecule has 0 aliphatic carbocycles. The Kier molecular flexibility index (Phi) is 8.30. The lowest BCUT2D eigenvalue weighted by molar-refractivity contribution is -0.122. The topological polar surface area (TPSA) is 84.8 Å². The van der Waals surface area contributed by atoms with Gasteiger partial charge in [0.1, 0.15) is 23.1 Å². The quantitative estimate of drug-likeness (QED) is 0.772. The summed E-state index contributed by atoms with van der Waals surface area (Å²) >= 11 is 1.57. The first-order chi connectivity index (χ1) is 12.7. The smallest absolute Gasteiger partial charge is 0.290 e. The van der Waals surface area contributed by atoms with Gasteiger partial charge in [0.15, 0.2) is 5.01 Å². The Labute approximate surface area is 157 Å². The molecule has 1 aliphatic rings. The number of rotatable bonds is 6. The lowest BCUT2D eigenvalue weighted by Crippen LogP contribution is -2.29. The van der Waals surface area contributed by atoms with E-state index < -0.39 is 0 Å². The van der Waals surface area contributed by atoms with Crippen LogP contribution in [0.15, 0.2) is 18.2 Å². The molecule has 26 heavy (non-hydrogen) atoms. The number of benzene rings is 1. The van der Waals surface area contributed by atoms with Crippen LogP contribution in [0.3, 0.4) is 0 Å². The average Bonchev–Trinajstić information content (AvgIpc) is 3.07. The number of hydrogen-bond acceptors (Lipinski definition) is 7. The van der Waals surface area contributed by atoms with Crippen molar-refractivity contribution in [1.29, 1.82) is 0 Å². The van der Waals surface area contributed by atoms with Crippen molar-refractivity contribution in [2.45, 2.75) is 39.3 Å². The molecule has 1 saturated heterocycles. The number of carboxylic acid groups (broad SMARTS) is 1. The van der Waals surface area contributed by atoms with Crippen LogP contribution in [-0.2, 0) is 17.9 Å². The first-order valence-electron chi connectivity index (χ1n) is 8.55. The van der Waals surface area contributed by atoms with Gasteiger partial charge in [-0.05, 0) is 51.1 Å². The summed E-state index contributed by atoms with van der Waals surface area (Å²) in [6.45, 7) is 5.40. The molecule has 7 nitrogen and oxygen atoms in total. The Morgan fingerprint density at radius 1 is 1.27 bits per heavy atom. The first kappa shape index (κ1) is 20.1. The van der Waals surface area contributed by atoms with Crippen molar-refractivity contribution < 1.29 is 19.4 Å². The summed E-state index contributed by atoms with van der Waals surface area (Å²) < 4.78 is 11.4. The van der Waals surface area contributed by atoms with Crippen LogP contribution >= 0.6 is 11.3 Å². The van der Waals surface area contributed by atoms with Crippen LogP contribution in [0.2, 0.25) is 0 Å². The summed E-state index contributed by atoms with van der Waals surface area (Å²) in [5.74, 6) is 1.78. The van der Waals surface area contributed by atoms with E-state index in [1.54, 1.807) is 18.4 Å². The van der Waals surface area contributed by atoms with Crippen molar-refractivity contribution >= 4 is 17.8 Å². The fraction of sp³-hybridized carbons (Fsp3) is 0.500. The minimum atomic E-state index is -0.250. The maximum Gasteiger partial charge on any atom is 0.290 e. The number of ether oxygens (including phenoxy) is 2. The summed E-state index contributed by atoms with van der Waals surface area (Å²) in [7, 11) is 1.72. The molecule has 1 fully saturated rings. The van der Waals surface area contributed by atoms with Crippen molar-refractivity contribution in [1.82, 2.24) is 15.1 Å². The highest BCUT2D eigenvalue weighted by atomic mass is 32.1. The van der Waals surface area contributed by atoms with Crippen LogP contribution < -0.4 is 9.47 Å². The molecule has 0 radical (unpaired) electrons. The molecule has 0 bridgehead atoms. The summed E-state index contributed by atoms with van der Waals surface area (Å²) in [4.78, 5) is 10.8. The third-order valence-electron chi connectivity index (χ3n) is 4.02. The molecule has 2 aromatic rings. The van der Waals surface area contributed by atoms with Gasteiger partial charge >= 0.3 is 0 Å². The molecule has 1 aliphatic heterocycles. The van der Waals surface area contributed by atoms with E-state index in [1.165, 1.54) is 24.8 Å². The number of nitrogens with zero attached hydrogens (tertiary/aromatic N) is 3. The van der Waals surface area contributed by atoms with Gasteiger partial charge in [-0.2, -0.15) is 0 Å². The standard InChI is InChI=1S/C17H23N3O2S.CH2O2/c1-13-18-19-17(23-13)12-22-15-6-7-16(21-2)14(10-15)11-20-8-4-3-5-9-20;2-1-3/h6-7,10H,3-5,8-9,11-12H2,1-2H3;1H,(H,2,3). The van der Waals surface area contributed by atoms with E-state index in [2.05, 4.69) is 21.2 Å². The van der Waals surface area contributed by atoms with Crippen molar-refractivity contribution in [2.75, 3.05) is 20.2 Å². The number of piperidine rings is 1. The summed E-state index contributed by atoms with van der Waals surface area (Å²) in [6, 6.07) is 6.02. The SMILES string of the molecule is COc1ccc(OCc2nnc(C)s2)cc1CN1CCCCC1.O=CO. The Balaban J connectivity index is 0.000000758. The second-order valence-corrected chi connectivity index (χ2v) is 7.19. The second kappa shape index (κ2) is 10.7. The van der Waals surface area contributed by atoms with Crippen LogP contribution in [0, 0.1) is 6.92 Å². The van der Waals surface area contributed by atoms with Crippen molar-refractivity contribution in [2.24, 2.45) is 0 Å². The van der Waals surface area contributed by atoms with Gasteiger partial charge in [0, 0.05) is 12.1 Å². The van der Waals surface area contributed by atoms with Gasteiger partial charge in [-0.1, -0.05) is 17.8 Å². The Morgan fingerprint density at radius 2 is 2.00 bits per heavy atom. The molecule has 8 heteroatoms. The monoisotopic (exact) mass is 379 g/mol. The number of carbonyl (C=O) groups is 1. The molecule has 1 aromatic heterocycles. The molecule has 0 saturated carbocycles. The van der Waals surface area contributed by atoms with E-state index in [0.717, 1.165) is 41.1 Å². The third kappa shape index (κ3) is 6.27. The lowest BCUT2D eigenvalue weighted by atomic mass is 10.1. The maximum absolute atomic E-state index is 8.36. The molecular weight excluding hydrogens is 354 g/mol. The van der Waals surface area contributed by atoms with Crippen LogP contribution in [0.4, 0.5) is 0 Å². The van der Waals surface area contributed by atoms with Gasteiger partial charge in [-0.25, -0.2) is 0 Å².